The summed E-state index contributed by atoms with van der Waals surface area (Å²) in [5.41, 5.74) is 2.01. The van der Waals surface area contributed by atoms with E-state index in [4.69, 9.17) is 14.2 Å². The molecule has 1 aliphatic rings. The molecule has 1 unspecified atom stereocenters. The number of hydrogen-bond acceptors (Lipinski definition) is 7. The fourth-order valence-corrected chi connectivity index (χ4v) is 3.26. The second-order valence-electron chi connectivity index (χ2n) is 6.18. The quantitative estimate of drug-likeness (QED) is 0.692. The number of esters is 2. The van der Waals surface area contributed by atoms with E-state index < -0.39 is 18.0 Å². The van der Waals surface area contributed by atoms with Gasteiger partial charge in [-0.05, 0) is 46.3 Å². The zero-order valence-electron chi connectivity index (χ0n) is 16.9. The van der Waals surface area contributed by atoms with Gasteiger partial charge in [0.05, 0.1) is 37.0 Å². The molecule has 2 rings (SSSR count). The topological polar surface area (TPSA) is 94.1 Å². The number of carbonyl (C=O) groups excluding carboxylic acids is 2. The fourth-order valence-electron chi connectivity index (χ4n) is 3.26. The number of rotatable bonds is 7. The van der Waals surface area contributed by atoms with E-state index in [1.807, 2.05) is 6.92 Å². The van der Waals surface area contributed by atoms with Crippen LogP contribution in [-0.4, -0.2) is 36.9 Å². The van der Waals surface area contributed by atoms with Gasteiger partial charge < -0.3 is 24.6 Å². The summed E-state index contributed by atoms with van der Waals surface area (Å²) in [6.45, 7) is 9.45. The molecule has 1 heterocycles. The monoisotopic (exact) mass is 389 g/mol. The summed E-state index contributed by atoms with van der Waals surface area (Å²) in [6.07, 6.45) is 0. The molecule has 0 amide bonds. The average molecular weight is 389 g/mol. The number of phenolic OH excluding ortho intramolecular Hbond substituents is 1. The van der Waals surface area contributed by atoms with Crippen molar-refractivity contribution in [2.45, 2.75) is 40.7 Å². The van der Waals surface area contributed by atoms with Crippen LogP contribution in [0.25, 0.3) is 0 Å². The van der Waals surface area contributed by atoms with Crippen LogP contribution in [0.5, 0.6) is 11.5 Å². The van der Waals surface area contributed by atoms with Crippen LogP contribution in [0.2, 0.25) is 0 Å². The Labute approximate surface area is 165 Å². The van der Waals surface area contributed by atoms with Gasteiger partial charge >= 0.3 is 11.9 Å². The number of phenols is 1. The Balaban J connectivity index is 2.62. The number of aromatic hydroxyl groups is 1. The van der Waals surface area contributed by atoms with Crippen LogP contribution in [0.15, 0.2) is 40.6 Å². The van der Waals surface area contributed by atoms with Crippen LogP contribution in [0.4, 0.5) is 0 Å². The van der Waals surface area contributed by atoms with Crippen molar-refractivity contribution in [2.24, 2.45) is 0 Å². The number of benzene rings is 1. The first-order valence-corrected chi connectivity index (χ1v) is 9.34. The van der Waals surface area contributed by atoms with Gasteiger partial charge in [0.15, 0.2) is 11.5 Å². The minimum atomic E-state index is -0.697. The van der Waals surface area contributed by atoms with Crippen molar-refractivity contribution in [3.63, 3.8) is 0 Å². The number of hydrogen-bond donors (Lipinski definition) is 2. The van der Waals surface area contributed by atoms with E-state index in [1.165, 1.54) is 0 Å². The summed E-state index contributed by atoms with van der Waals surface area (Å²) in [5.74, 6) is -0.824. The van der Waals surface area contributed by atoms with Crippen molar-refractivity contribution in [3.8, 4) is 11.5 Å². The molecule has 0 spiro atoms. The summed E-state index contributed by atoms with van der Waals surface area (Å²) in [6, 6.07) is 4.39. The summed E-state index contributed by atoms with van der Waals surface area (Å²) < 4.78 is 15.8. The lowest BCUT2D eigenvalue weighted by molar-refractivity contribution is -0.139. The third-order valence-electron chi connectivity index (χ3n) is 4.42. The molecule has 0 fully saturated rings. The highest BCUT2D eigenvalue weighted by Crippen LogP contribution is 2.41. The first kappa shape index (κ1) is 21.3. The molecule has 0 aliphatic carbocycles. The highest BCUT2D eigenvalue weighted by atomic mass is 16.5. The Bertz CT molecular complexity index is 824. The van der Waals surface area contributed by atoms with E-state index in [1.54, 1.807) is 45.9 Å². The Morgan fingerprint density at radius 2 is 1.68 bits per heavy atom. The lowest BCUT2D eigenvalue weighted by atomic mass is 9.86. The molecular formula is C21H27NO6. The summed E-state index contributed by atoms with van der Waals surface area (Å²) in [5, 5.41) is 13.8. The molecule has 2 N–H and O–H groups in total. The Hall–Kier alpha value is -2.96. The number of para-hydroxylation sites is 1. The van der Waals surface area contributed by atoms with E-state index in [-0.39, 0.29) is 24.5 Å². The fraction of sp³-hybridized carbons (Fsp3) is 0.429. The molecule has 1 atom stereocenters. The van der Waals surface area contributed by atoms with Crippen molar-refractivity contribution < 1.29 is 28.9 Å². The molecular weight excluding hydrogens is 362 g/mol. The largest absolute Gasteiger partial charge is 0.504 e. The maximum atomic E-state index is 12.7. The zero-order valence-corrected chi connectivity index (χ0v) is 16.9. The average Bonchev–Trinajstić information content (AvgIpc) is 2.63. The third-order valence-corrected chi connectivity index (χ3v) is 4.42. The molecule has 1 aliphatic heterocycles. The van der Waals surface area contributed by atoms with E-state index >= 15 is 0 Å². The maximum absolute atomic E-state index is 12.7. The first-order chi connectivity index (χ1) is 13.4. The van der Waals surface area contributed by atoms with Gasteiger partial charge in [-0.3, -0.25) is 0 Å². The van der Waals surface area contributed by atoms with Crippen molar-refractivity contribution in [2.75, 3.05) is 19.8 Å². The lowest BCUT2D eigenvalue weighted by Crippen LogP contribution is -2.34. The first-order valence-electron chi connectivity index (χ1n) is 9.34. The van der Waals surface area contributed by atoms with Crippen LogP contribution in [0.3, 0.4) is 0 Å². The summed E-state index contributed by atoms with van der Waals surface area (Å²) in [7, 11) is 0. The van der Waals surface area contributed by atoms with Gasteiger partial charge in [0.1, 0.15) is 0 Å². The number of nitrogens with one attached hydrogen (secondary N) is 1. The maximum Gasteiger partial charge on any atom is 0.340 e. The molecule has 28 heavy (non-hydrogen) atoms. The van der Waals surface area contributed by atoms with Crippen molar-refractivity contribution in [1.29, 1.82) is 0 Å². The van der Waals surface area contributed by atoms with E-state index in [0.29, 0.717) is 34.8 Å². The highest BCUT2D eigenvalue weighted by Gasteiger charge is 2.36. The van der Waals surface area contributed by atoms with Crippen LogP contribution in [0, 0.1) is 0 Å². The molecule has 1 aromatic rings. The summed E-state index contributed by atoms with van der Waals surface area (Å²) in [4.78, 5) is 25.2. The SMILES string of the molecule is CCOC(=O)C1=C(C)NC(c2cccc(OCC)c2O)C(C(=O)OCC)=C1C. The predicted molar refractivity (Wildman–Crippen MR) is 104 cm³/mol. The molecule has 0 radical (unpaired) electrons. The standard InChI is InChI=1S/C21H27NO6/c1-6-26-15-11-9-10-14(19(15)23)18-17(21(25)28-8-3)12(4)16(13(5)22-18)20(24)27-7-2/h9-11,18,22-23H,6-8H2,1-5H3. The molecule has 0 saturated carbocycles. The lowest BCUT2D eigenvalue weighted by Gasteiger charge is -2.31. The number of dihydropyridines is 1. The van der Waals surface area contributed by atoms with Gasteiger partial charge in [-0.25, -0.2) is 9.59 Å². The minimum absolute atomic E-state index is 0.0659. The normalized spacial score (nSPS) is 16.5. The van der Waals surface area contributed by atoms with Crippen LogP contribution in [-0.2, 0) is 19.1 Å². The van der Waals surface area contributed by atoms with E-state index in [2.05, 4.69) is 5.32 Å². The number of ether oxygens (including phenoxy) is 3. The van der Waals surface area contributed by atoms with Gasteiger partial charge in [0.2, 0.25) is 0 Å². The molecule has 7 nitrogen and oxygen atoms in total. The van der Waals surface area contributed by atoms with Crippen molar-refractivity contribution >= 4 is 11.9 Å². The highest BCUT2D eigenvalue weighted by molar-refractivity contribution is 6.00. The third kappa shape index (κ3) is 4.13. The number of carbonyl (C=O) groups is 2. The minimum Gasteiger partial charge on any atom is -0.504 e. The second kappa shape index (κ2) is 9.30. The van der Waals surface area contributed by atoms with Gasteiger partial charge in [-0.15, -0.1) is 0 Å². The Morgan fingerprint density at radius 3 is 2.29 bits per heavy atom. The molecule has 0 saturated heterocycles. The Morgan fingerprint density at radius 1 is 1.04 bits per heavy atom. The van der Waals surface area contributed by atoms with Gasteiger partial charge in [-0.1, -0.05) is 12.1 Å². The van der Waals surface area contributed by atoms with E-state index in [9.17, 15) is 14.7 Å². The zero-order chi connectivity index (χ0) is 20.8. The van der Waals surface area contributed by atoms with Gasteiger partial charge in [0, 0.05) is 11.3 Å². The van der Waals surface area contributed by atoms with Gasteiger partial charge in [0.25, 0.3) is 0 Å². The second-order valence-corrected chi connectivity index (χ2v) is 6.18. The molecule has 1 aromatic carbocycles. The Kier molecular flexibility index (Phi) is 7.09. The van der Waals surface area contributed by atoms with Crippen LogP contribution in [0.1, 0.15) is 46.2 Å². The molecule has 0 aromatic heterocycles. The van der Waals surface area contributed by atoms with Crippen LogP contribution < -0.4 is 10.1 Å². The van der Waals surface area contributed by atoms with E-state index in [0.717, 1.165) is 0 Å². The van der Waals surface area contributed by atoms with Crippen LogP contribution >= 0.6 is 0 Å². The summed E-state index contributed by atoms with van der Waals surface area (Å²) >= 11 is 0. The predicted octanol–water partition coefficient (Wildman–Crippen LogP) is 3.15. The smallest absolute Gasteiger partial charge is 0.340 e. The molecule has 0 bridgehead atoms. The number of allylic oxidation sites excluding steroid dienone is 1. The van der Waals surface area contributed by atoms with Gasteiger partial charge in [-0.2, -0.15) is 0 Å². The van der Waals surface area contributed by atoms with Crippen molar-refractivity contribution in [3.05, 3.63) is 46.2 Å². The molecule has 152 valence electrons. The van der Waals surface area contributed by atoms with Crippen molar-refractivity contribution in [1.82, 2.24) is 5.32 Å². The molecule has 7 heteroatoms.